The van der Waals surface area contributed by atoms with Crippen LogP contribution >= 0.6 is 23.1 Å². The van der Waals surface area contributed by atoms with Crippen molar-refractivity contribution in [3.63, 3.8) is 0 Å². The molecular weight excluding hydrogens is 470 g/mol. The highest BCUT2D eigenvalue weighted by molar-refractivity contribution is 8.00. The minimum absolute atomic E-state index is 0.0627. The standard InChI is InChI=1S/C25H27N3O4S2/c26-14-19-17-8-2-1-3-11-21(17)34-24(19)27-22(29)15-32-25(31)18-9-4-5-10-20(18)33-16-23(30)28-12-6-7-13-28/h4-5,9-10H,1-3,6-8,11-13,15-16H2,(H,27,29). The van der Waals surface area contributed by atoms with Crippen LogP contribution in [0.2, 0.25) is 0 Å². The number of thiophene rings is 1. The van der Waals surface area contributed by atoms with Crippen molar-refractivity contribution in [1.82, 2.24) is 4.90 Å². The molecule has 7 nitrogen and oxygen atoms in total. The summed E-state index contributed by atoms with van der Waals surface area (Å²) in [5.41, 5.74) is 1.91. The third-order valence-electron chi connectivity index (χ3n) is 6.04. The third kappa shape index (κ3) is 5.80. The number of amides is 2. The van der Waals surface area contributed by atoms with Crippen LogP contribution < -0.4 is 5.32 Å². The van der Waals surface area contributed by atoms with Crippen LogP contribution in [0.3, 0.4) is 0 Å². The van der Waals surface area contributed by atoms with Gasteiger partial charge in [-0.25, -0.2) is 4.79 Å². The summed E-state index contributed by atoms with van der Waals surface area (Å²) in [6.45, 7) is 1.13. The lowest BCUT2D eigenvalue weighted by atomic mass is 10.1. The fourth-order valence-electron chi connectivity index (χ4n) is 4.28. The molecule has 2 heterocycles. The lowest BCUT2D eigenvalue weighted by Crippen LogP contribution is -2.29. The first kappa shape index (κ1) is 24.3. The summed E-state index contributed by atoms with van der Waals surface area (Å²) in [6, 6.07) is 9.16. The smallest absolute Gasteiger partial charge is 0.339 e. The van der Waals surface area contributed by atoms with Crippen LogP contribution in [0.25, 0.3) is 0 Å². The van der Waals surface area contributed by atoms with Crippen LogP contribution in [0.15, 0.2) is 29.2 Å². The van der Waals surface area contributed by atoms with Crippen molar-refractivity contribution >= 4 is 45.9 Å². The van der Waals surface area contributed by atoms with Gasteiger partial charge in [0.2, 0.25) is 5.91 Å². The second-order valence-corrected chi connectivity index (χ2v) is 10.5. The number of anilines is 1. The van der Waals surface area contributed by atoms with E-state index >= 15 is 0 Å². The second-order valence-electron chi connectivity index (χ2n) is 8.38. The normalized spacial score (nSPS) is 15.2. The summed E-state index contributed by atoms with van der Waals surface area (Å²) in [5, 5.41) is 12.9. The van der Waals surface area contributed by atoms with Crippen LogP contribution in [0.5, 0.6) is 0 Å². The van der Waals surface area contributed by atoms with Gasteiger partial charge in [0.1, 0.15) is 11.1 Å². The monoisotopic (exact) mass is 497 g/mol. The van der Waals surface area contributed by atoms with Gasteiger partial charge in [0.05, 0.1) is 16.9 Å². The first-order valence-corrected chi connectivity index (χ1v) is 13.4. The Morgan fingerprint density at radius 3 is 2.65 bits per heavy atom. The second kappa shape index (κ2) is 11.5. The zero-order valence-electron chi connectivity index (χ0n) is 18.9. The number of nitriles is 1. The molecule has 2 aromatic rings. The fraction of sp³-hybridized carbons (Fsp3) is 0.440. The molecule has 0 atom stereocenters. The van der Waals surface area contributed by atoms with E-state index in [2.05, 4.69) is 11.4 Å². The van der Waals surface area contributed by atoms with E-state index in [1.807, 2.05) is 4.90 Å². The molecular formula is C25H27N3O4S2. The minimum Gasteiger partial charge on any atom is -0.452 e. The fourth-order valence-corrected chi connectivity index (χ4v) is 6.48. The Balaban J connectivity index is 1.34. The Kier molecular flexibility index (Phi) is 8.25. The van der Waals surface area contributed by atoms with Crippen molar-refractivity contribution in [1.29, 1.82) is 5.26 Å². The van der Waals surface area contributed by atoms with E-state index < -0.39 is 18.5 Å². The molecule has 34 heavy (non-hydrogen) atoms. The number of rotatable bonds is 7. The van der Waals surface area contributed by atoms with Crippen molar-refractivity contribution in [3.05, 3.63) is 45.8 Å². The number of benzene rings is 1. The number of thioether (sulfide) groups is 1. The molecule has 0 radical (unpaired) electrons. The Hall–Kier alpha value is -2.83. The Morgan fingerprint density at radius 1 is 1.09 bits per heavy atom. The Bertz CT molecular complexity index is 1120. The molecule has 1 aliphatic heterocycles. The van der Waals surface area contributed by atoms with Crippen molar-refractivity contribution in [3.8, 4) is 6.07 Å². The largest absolute Gasteiger partial charge is 0.452 e. The number of ether oxygens (including phenoxy) is 1. The number of likely N-dealkylation sites (tertiary alicyclic amines) is 1. The lowest BCUT2D eigenvalue weighted by Gasteiger charge is -2.15. The van der Waals surface area contributed by atoms with Gasteiger partial charge in [0.15, 0.2) is 6.61 Å². The van der Waals surface area contributed by atoms with Crippen molar-refractivity contribution in [2.24, 2.45) is 0 Å². The first-order chi connectivity index (χ1) is 16.6. The van der Waals surface area contributed by atoms with E-state index in [9.17, 15) is 19.6 Å². The van der Waals surface area contributed by atoms with E-state index in [0.717, 1.165) is 68.5 Å². The maximum atomic E-state index is 12.7. The van der Waals surface area contributed by atoms with Crippen LogP contribution in [-0.4, -0.2) is 48.1 Å². The predicted molar refractivity (Wildman–Crippen MR) is 132 cm³/mol. The van der Waals surface area contributed by atoms with Crippen LogP contribution in [0.1, 0.15) is 58.5 Å². The maximum Gasteiger partial charge on any atom is 0.339 e. The lowest BCUT2D eigenvalue weighted by molar-refractivity contribution is -0.127. The minimum atomic E-state index is -0.616. The summed E-state index contributed by atoms with van der Waals surface area (Å²) >= 11 is 2.75. The molecule has 178 valence electrons. The summed E-state index contributed by atoms with van der Waals surface area (Å²) in [6.07, 6.45) is 7.13. The third-order valence-corrected chi connectivity index (χ3v) is 8.30. The van der Waals surface area contributed by atoms with E-state index in [-0.39, 0.29) is 11.7 Å². The highest BCUT2D eigenvalue weighted by atomic mass is 32.2. The quantitative estimate of drug-likeness (QED) is 0.346. The number of esters is 1. The highest BCUT2D eigenvalue weighted by Gasteiger charge is 2.23. The summed E-state index contributed by atoms with van der Waals surface area (Å²) < 4.78 is 5.27. The summed E-state index contributed by atoms with van der Waals surface area (Å²) in [5.74, 6) is -0.775. The number of hydrogen-bond acceptors (Lipinski definition) is 7. The van der Waals surface area contributed by atoms with Crippen molar-refractivity contribution in [2.45, 2.75) is 49.8 Å². The van der Waals surface area contributed by atoms with Crippen LogP contribution in [0.4, 0.5) is 5.00 Å². The zero-order valence-corrected chi connectivity index (χ0v) is 20.6. The van der Waals surface area contributed by atoms with Gasteiger partial charge in [0.25, 0.3) is 5.91 Å². The summed E-state index contributed by atoms with van der Waals surface area (Å²) in [7, 11) is 0. The maximum absolute atomic E-state index is 12.7. The molecule has 2 amide bonds. The molecule has 1 N–H and O–H groups in total. The van der Waals surface area contributed by atoms with Crippen LogP contribution in [0, 0.1) is 11.3 Å². The molecule has 0 saturated carbocycles. The summed E-state index contributed by atoms with van der Waals surface area (Å²) in [4.78, 5) is 41.2. The average molecular weight is 498 g/mol. The molecule has 9 heteroatoms. The average Bonchev–Trinajstić information content (AvgIpc) is 3.44. The topological polar surface area (TPSA) is 99.5 Å². The molecule has 1 fully saturated rings. The molecule has 0 unspecified atom stereocenters. The van der Waals surface area contributed by atoms with Crippen molar-refractivity contribution in [2.75, 3.05) is 30.8 Å². The van der Waals surface area contributed by atoms with Gasteiger partial charge in [-0.2, -0.15) is 5.26 Å². The molecule has 0 spiro atoms. The van der Waals surface area contributed by atoms with E-state index in [4.69, 9.17) is 4.74 Å². The van der Waals surface area contributed by atoms with Gasteiger partial charge in [-0.05, 0) is 56.2 Å². The van der Waals surface area contributed by atoms with Gasteiger partial charge >= 0.3 is 5.97 Å². The first-order valence-electron chi connectivity index (χ1n) is 11.6. The molecule has 0 bridgehead atoms. The molecule has 1 saturated heterocycles. The molecule has 1 aliphatic carbocycles. The van der Waals surface area contributed by atoms with Gasteiger partial charge < -0.3 is 15.0 Å². The molecule has 4 rings (SSSR count). The SMILES string of the molecule is N#Cc1c(NC(=O)COC(=O)c2ccccc2SCC(=O)N2CCCC2)sc2c1CCCCC2. The molecule has 2 aliphatic rings. The number of carbonyl (C=O) groups excluding carboxylic acids is 3. The van der Waals surface area contributed by atoms with Gasteiger partial charge in [-0.3, -0.25) is 9.59 Å². The predicted octanol–water partition coefficient (Wildman–Crippen LogP) is 4.40. The van der Waals surface area contributed by atoms with Crippen molar-refractivity contribution < 1.29 is 19.1 Å². The van der Waals surface area contributed by atoms with Gasteiger partial charge in [-0.1, -0.05) is 18.6 Å². The molecule has 1 aromatic carbocycles. The van der Waals surface area contributed by atoms with E-state index in [1.165, 1.54) is 23.1 Å². The number of aryl methyl sites for hydroxylation is 1. The number of fused-ring (bicyclic) bond motifs is 1. The van der Waals surface area contributed by atoms with E-state index in [1.54, 1.807) is 24.3 Å². The number of nitrogens with zero attached hydrogens (tertiary/aromatic N) is 2. The molecule has 1 aromatic heterocycles. The number of carbonyl (C=O) groups is 3. The Labute approximate surface area is 207 Å². The van der Waals surface area contributed by atoms with Crippen LogP contribution in [-0.2, 0) is 27.2 Å². The highest BCUT2D eigenvalue weighted by Crippen LogP contribution is 2.37. The zero-order chi connectivity index (χ0) is 23.9. The van der Waals surface area contributed by atoms with E-state index in [0.29, 0.717) is 21.0 Å². The number of nitrogens with one attached hydrogen (secondary N) is 1. The van der Waals surface area contributed by atoms with Gasteiger partial charge in [-0.15, -0.1) is 23.1 Å². The number of hydrogen-bond donors (Lipinski definition) is 1. The van der Waals surface area contributed by atoms with Gasteiger partial charge in [0, 0.05) is 22.9 Å². The Morgan fingerprint density at radius 2 is 1.85 bits per heavy atom.